The maximum Gasteiger partial charge on any atom is 0.130 e. The van der Waals surface area contributed by atoms with E-state index < -0.39 is 0 Å². The first-order chi connectivity index (χ1) is 9.38. The molecule has 1 aromatic heterocycles. The topological polar surface area (TPSA) is 53.1 Å². The highest BCUT2D eigenvalue weighted by Gasteiger charge is 2.21. The van der Waals surface area contributed by atoms with E-state index in [0.29, 0.717) is 16.8 Å². The molecule has 0 radical (unpaired) electrons. The molecule has 2 aromatic rings. The fourth-order valence-electron chi connectivity index (χ4n) is 2.36. The molecule has 0 unspecified atom stereocenters. The minimum Gasteiger partial charge on any atom is -0.496 e. The summed E-state index contributed by atoms with van der Waals surface area (Å²) >= 11 is 6.38. The average molecular weight is 294 g/mol. The minimum atomic E-state index is 0.305. The SMILES string of the molecule is COc1c(C(C)C)cc(Cl)c(C)c1-c1cnn(C)c1N. The molecule has 5 heteroatoms. The number of rotatable bonds is 3. The van der Waals surface area contributed by atoms with Gasteiger partial charge in [-0.25, -0.2) is 0 Å². The molecule has 1 aromatic carbocycles. The number of nitrogens with zero attached hydrogens (tertiary/aromatic N) is 2. The molecular formula is C15H20ClN3O. The van der Waals surface area contributed by atoms with Crippen LogP contribution in [0.3, 0.4) is 0 Å². The molecule has 2 rings (SSSR count). The number of methoxy groups -OCH3 is 1. The van der Waals surface area contributed by atoms with Gasteiger partial charge in [0, 0.05) is 23.2 Å². The number of anilines is 1. The minimum absolute atomic E-state index is 0.305. The molecular weight excluding hydrogens is 274 g/mol. The predicted octanol–water partition coefficient (Wildman–Crippen LogP) is 3.76. The maximum atomic E-state index is 6.38. The van der Waals surface area contributed by atoms with Crippen molar-refractivity contribution in [3.8, 4) is 16.9 Å². The van der Waals surface area contributed by atoms with E-state index in [1.165, 1.54) is 0 Å². The van der Waals surface area contributed by atoms with Crippen LogP contribution in [0, 0.1) is 6.92 Å². The van der Waals surface area contributed by atoms with E-state index in [0.717, 1.165) is 28.0 Å². The van der Waals surface area contributed by atoms with Crippen molar-refractivity contribution < 1.29 is 4.74 Å². The molecule has 0 saturated heterocycles. The molecule has 0 amide bonds. The van der Waals surface area contributed by atoms with Crippen molar-refractivity contribution in [2.24, 2.45) is 7.05 Å². The van der Waals surface area contributed by atoms with Crippen LogP contribution in [-0.2, 0) is 7.05 Å². The van der Waals surface area contributed by atoms with Crippen LogP contribution in [0.4, 0.5) is 5.82 Å². The van der Waals surface area contributed by atoms with Gasteiger partial charge in [-0.3, -0.25) is 4.68 Å². The second-order valence-electron chi connectivity index (χ2n) is 5.20. The van der Waals surface area contributed by atoms with Crippen molar-refractivity contribution in [3.05, 3.63) is 28.4 Å². The molecule has 0 bridgehead atoms. The van der Waals surface area contributed by atoms with Crippen LogP contribution in [0.1, 0.15) is 30.9 Å². The second-order valence-corrected chi connectivity index (χ2v) is 5.61. The number of aromatic nitrogens is 2. The molecule has 0 aliphatic heterocycles. The highest BCUT2D eigenvalue weighted by Crippen LogP contribution is 2.43. The Balaban J connectivity index is 2.83. The molecule has 0 atom stereocenters. The average Bonchev–Trinajstić information content (AvgIpc) is 2.72. The summed E-state index contributed by atoms with van der Waals surface area (Å²) in [7, 11) is 3.49. The molecule has 4 nitrogen and oxygen atoms in total. The third-order valence-electron chi connectivity index (χ3n) is 3.58. The summed E-state index contributed by atoms with van der Waals surface area (Å²) < 4.78 is 7.28. The lowest BCUT2D eigenvalue weighted by Crippen LogP contribution is -2.02. The van der Waals surface area contributed by atoms with Gasteiger partial charge < -0.3 is 10.5 Å². The Labute approximate surface area is 124 Å². The van der Waals surface area contributed by atoms with Gasteiger partial charge >= 0.3 is 0 Å². The summed E-state index contributed by atoms with van der Waals surface area (Å²) in [5.41, 5.74) is 9.91. The van der Waals surface area contributed by atoms with Gasteiger partial charge in [-0.2, -0.15) is 5.10 Å². The molecule has 0 saturated carbocycles. The molecule has 0 spiro atoms. The Bertz CT molecular complexity index is 647. The first-order valence-corrected chi connectivity index (χ1v) is 6.91. The standard InChI is InChI=1S/C15H20ClN3O/c1-8(2)10-6-12(16)9(3)13(14(10)20-5)11-7-18-19(4)15(11)17/h6-8H,17H2,1-5H3. The van der Waals surface area contributed by atoms with Gasteiger partial charge in [0.25, 0.3) is 0 Å². The predicted molar refractivity (Wildman–Crippen MR) is 83.4 cm³/mol. The number of aryl methyl sites for hydroxylation is 1. The van der Waals surface area contributed by atoms with Gasteiger partial charge in [0.2, 0.25) is 0 Å². The molecule has 20 heavy (non-hydrogen) atoms. The van der Waals surface area contributed by atoms with Gasteiger partial charge in [0.05, 0.1) is 13.3 Å². The zero-order chi connectivity index (χ0) is 15.0. The van der Waals surface area contributed by atoms with Gasteiger partial charge in [-0.15, -0.1) is 0 Å². The molecule has 108 valence electrons. The first kappa shape index (κ1) is 14.7. The Kier molecular flexibility index (Phi) is 3.95. The zero-order valence-electron chi connectivity index (χ0n) is 12.5. The Morgan fingerprint density at radius 1 is 1.40 bits per heavy atom. The summed E-state index contributed by atoms with van der Waals surface area (Å²) in [4.78, 5) is 0. The van der Waals surface area contributed by atoms with E-state index in [2.05, 4.69) is 18.9 Å². The van der Waals surface area contributed by atoms with Crippen LogP contribution in [0.25, 0.3) is 11.1 Å². The highest BCUT2D eigenvalue weighted by atomic mass is 35.5. The van der Waals surface area contributed by atoms with Crippen molar-refractivity contribution in [2.45, 2.75) is 26.7 Å². The lowest BCUT2D eigenvalue weighted by atomic mass is 9.93. The zero-order valence-corrected chi connectivity index (χ0v) is 13.2. The monoisotopic (exact) mass is 293 g/mol. The van der Waals surface area contributed by atoms with Crippen molar-refractivity contribution in [3.63, 3.8) is 0 Å². The molecule has 1 heterocycles. The van der Waals surface area contributed by atoms with E-state index in [1.54, 1.807) is 18.0 Å². The molecule has 2 N–H and O–H groups in total. The van der Waals surface area contributed by atoms with Gasteiger partial charge in [-0.1, -0.05) is 25.4 Å². The normalized spacial score (nSPS) is 11.2. The Hall–Kier alpha value is -1.68. The number of hydrogen-bond donors (Lipinski definition) is 1. The first-order valence-electron chi connectivity index (χ1n) is 6.53. The van der Waals surface area contributed by atoms with Crippen LogP contribution in [0.15, 0.2) is 12.3 Å². The van der Waals surface area contributed by atoms with Gasteiger partial charge in [-0.05, 0) is 30.0 Å². The van der Waals surface area contributed by atoms with Crippen LogP contribution >= 0.6 is 11.6 Å². The smallest absolute Gasteiger partial charge is 0.130 e. The Morgan fingerprint density at radius 2 is 2.05 bits per heavy atom. The third kappa shape index (κ3) is 2.24. The number of nitrogen functional groups attached to an aromatic ring is 1. The molecule has 0 fully saturated rings. The van der Waals surface area contributed by atoms with E-state index >= 15 is 0 Å². The van der Waals surface area contributed by atoms with Crippen LogP contribution in [-0.4, -0.2) is 16.9 Å². The summed E-state index contributed by atoms with van der Waals surface area (Å²) in [6, 6.07) is 1.97. The Morgan fingerprint density at radius 3 is 2.50 bits per heavy atom. The maximum absolute atomic E-state index is 6.38. The summed E-state index contributed by atoms with van der Waals surface area (Å²) in [6.07, 6.45) is 1.75. The van der Waals surface area contributed by atoms with E-state index in [1.807, 2.05) is 20.0 Å². The van der Waals surface area contributed by atoms with Crippen molar-refractivity contribution in [1.29, 1.82) is 0 Å². The van der Waals surface area contributed by atoms with E-state index in [9.17, 15) is 0 Å². The second kappa shape index (κ2) is 5.37. The van der Waals surface area contributed by atoms with Crippen LogP contribution in [0.2, 0.25) is 5.02 Å². The molecule has 0 aliphatic carbocycles. The van der Waals surface area contributed by atoms with Gasteiger partial charge in [0.1, 0.15) is 11.6 Å². The fourth-order valence-corrected chi connectivity index (χ4v) is 2.57. The quantitative estimate of drug-likeness (QED) is 0.937. The lowest BCUT2D eigenvalue weighted by Gasteiger charge is -2.19. The third-order valence-corrected chi connectivity index (χ3v) is 3.98. The van der Waals surface area contributed by atoms with Crippen molar-refractivity contribution >= 4 is 17.4 Å². The number of nitrogens with two attached hydrogens (primary N) is 1. The van der Waals surface area contributed by atoms with Crippen molar-refractivity contribution in [2.75, 3.05) is 12.8 Å². The summed E-state index contributed by atoms with van der Waals surface area (Å²) in [6.45, 7) is 6.19. The fraction of sp³-hybridized carbons (Fsp3) is 0.400. The number of hydrogen-bond acceptors (Lipinski definition) is 3. The summed E-state index contributed by atoms with van der Waals surface area (Å²) in [5.74, 6) is 1.73. The van der Waals surface area contributed by atoms with Crippen LogP contribution < -0.4 is 10.5 Å². The molecule has 0 aliphatic rings. The van der Waals surface area contributed by atoms with Gasteiger partial charge in [0.15, 0.2) is 0 Å². The number of ether oxygens (including phenoxy) is 1. The van der Waals surface area contributed by atoms with Crippen molar-refractivity contribution in [1.82, 2.24) is 9.78 Å². The summed E-state index contributed by atoms with van der Waals surface area (Å²) in [5, 5.41) is 4.92. The van der Waals surface area contributed by atoms with Crippen LogP contribution in [0.5, 0.6) is 5.75 Å². The largest absolute Gasteiger partial charge is 0.496 e. The lowest BCUT2D eigenvalue weighted by molar-refractivity contribution is 0.409. The van der Waals surface area contributed by atoms with E-state index in [-0.39, 0.29) is 0 Å². The van der Waals surface area contributed by atoms with E-state index in [4.69, 9.17) is 22.1 Å². The highest BCUT2D eigenvalue weighted by molar-refractivity contribution is 6.32. The number of benzene rings is 1. The number of halogens is 1.